The Labute approximate surface area is 101 Å². The first-order valence-corrected chi connectivity index (χ1v) is 5.90. The van der Waals surface area contributed by atoms with Gasteiger partial charge in [0.15, 0.2) is 0 Å². The van der Waals surface area contributed by atoms with E-state index in [4.69, 9.17) is 0 Å². The fourth-order valence-electron chi connectivity index (χ4n) is 2.07. The van der Waals surface area contributed by atoms with Crippen LogP contribution in [0.1, 0.15) is 12.8 Å². The minimum atomic E-state index is -0.154. The zero-order valence-corrected chi connectivity index (χ0v) is 10.0. The number of likely N-dealkylation sites (N-methyl/N-ethyl adjacent to an activating group) is 1. The van der Waals surface area contributed by atoms with Crippen molar-refractivity contribution in [2.24, 2.45) is 0 Å². The molecular formula is C12H18N4O. The maximum atomic E-state index is 11.7. The lowest BCUT2D eigenvalue weighted by molar-refractivity contribution is 0.216. The van der Waals surface area contributed by atoms with Gasteiger partial charge in [0.1, 0.15) is 0 Å². The van der Waals surface area contributed by atoms with Crippen LogP contribution in [0.15, 0.2) is 24.5 Å². The Hall–Kier alpha value is -1.62. The number of carbonyl (C=O) groups excluding carboxylic acids is 1. The minimum absolute atomic E-state index is 0.154. The van der Waals surface area contributed by atoms with E-state index in [-0.39, 0.29) is 12.1 Å². The van der Waals surface area contributed by atoms with Gasteiger partial charge in [0.05, 0.1) is 11.9 Å². The zero-order chi connectivity index (χ0) is 12.1. The average Bonchev–Trinajstić information content (AvgIpc) is 2.30. The molecule has 0 aliphatic carbocycles. The molecule has 1 atom stereocenters. The van der Waals surface area contributed by atoms with Gasteiger partial charge in [-0.2, -0.15) is 0 Å². The number of amides is 2. The summed E-state index contributed by atoms with van der Waals surface area (Å²) in [5.41, 5.74) is 0.717. The highest BCUT2D eigenvalue weighted by atomic mass is 16.2. The Bertz CT molecular complexity index is 368. The highest BCUT2D eigenvalue weighted by Crippen LogP contribution is 2.08. The van der Waals surface area contributed by atoms with Crippen LogP contribution in [-0.2, 0) is 0 Å². The van der Waals surface area contributed by atoms with Crippen LogP contribution in [0.3, 0.4) is 0 Å². The first kappa shape index (κ1) is 11.9. The van der Waals surface area contributed by atoms with Crippen LogP contribution in [0.4, 0.5) is 10.5 Å². The fourth-order valence-corrected chi connectivity index (χ4v) is 2.07. The number of hydrogen-bond acceptors (Lipinski definition) is 3. The normalized spacial score (nSPS) is 20.9. The SMILES string of the molecule is CN1CCC[C@@H](NC(=O)Nc2cccnc2)C1. The van der Waals surface area contributed by atoms with Crippen LogP contribution in [-0.4, -0.2) is 42.1 Å². The maximum absolute atomic E-state index is 11.7. The first-order chi connectivity index (χ1) is 8.24. The second-order valence-electron chi connectivity index (χ2n) is 4.44. The third-order valence-corrected chi connectivity index (χ3v) is 2.88. The smallest absolute Gasteiger partial charge is 0.319 e. The van der Waals surface area contributed by atoms with Gasteiger partial charge in [0, 0.05) is 18.8 Å². The van der Waals surface area contributed by atoms with Crippen molar-refractivity contribution >= 4 is 11.7 Å². The molecule has 1 aliphatic rings. The Balaban J connectivity index is 1.81. The van der Waals surface area contributed by atoms with Gasteiger partial charge in [-0.05, 0) is 38.6 Å². The zero-order valence-electron chi connectivity index (χ0n) is 10.0. The Morgan fingerprint density at radius 3 is 3.18 bits per heavy atom. The number of hydrogen-bond donors (Lipinski definition) is 2. The number of anilines is 1. The van der Waals surface area contributed by atoms with Crippen molar-refractivity contribution in [1.82, 2.24) is 15.2 Å². The highest BCUT2D eigenvalue weighted by molar-refractivity contribution is 5.89. The molecule has 5 nitrogen and oxygen atoms in total. The highest BCUT2D eigenvalue weighted by Gasteiger charge is 2.18. The average molecular weight is 234 g/mol. The molecule has 1 saturated heterocycles. The molecule has 0 aromatic carbocycles. The molecule has 0 saturated carbocycles. The molecule has 1 fully saturated rings. The minimum Gasteiger partial charge on any atom is -0.334 e. The molecule has 1 aliphatic heterocycles. The van der Waals surface area contributed by atoms with Gasteiger partial charge < -0.3 is 15.5 Å². The van der Waals surface area contributed by atoms with Gasteiger partial charge >= 0.3 is 6.03 Å². The maximum Gasteiger partial charge on any atom is 0.319 e. The topological polar surface area (TPSA) is 57.3 Å². The van der Waals surface area contributed by atoms with Crippen molar-refractivity contribution in [3.63, 3.8) is 0 Å². The predicted molar refractivity (Wildman–Crippen MR) is 66.9 cm³/mol. The van der Waals surface area contributed by atoms with Gasteiger partial charge in [0.2, 0.25) is 0 Å². The monoisotopic (exact) mass is 234 g/mol. The van der Waals surface area contributed by atoms with E-state index in [9.17, 15) is 4.79 Å². The second-order valence-corrected chi connectivity index (χ2v) is 4.44. The van der Waals surface area contributed by atoms with Crippen LogP contribution in [0, 0.1) is 0 Å². The molecule has 0 spiro atoms. The standard InChI is InChI=1S/C12H18N4O/c1-16-7-3-5-11(9-16)15-12(17)14-10-4-2-6-13-8-10/h2,4,6,8,11H,3,5,7,9H2,1H3,(H2,14,15,17)/t11-/m1/s1. The Kier molecular flexibility index (Phi) is 3.93. The van der Waals surface area contributed by atoms with Crippen molar-refractivity contribution in [2.45, 2.75) is 18.9 Å². The summed E-state index contributed by atoms with van der Waals surface area (Å²) in [7, 11) is 2.08. The number of carbonyl (C=O) groups is 1. The first-order valence-electron chi connectivity index (χ1n) is 5.90. The van der Waals surface area contributed by atoms with Gasteiger partial charge in [0.25, 0.3) is 0 Å². The van der Waals surface area contributed by atoms with Crippen molar-refractivity contribution in [3.8, 4) is 0 Å². The third kappa shape index (κ3) is 3.71. The molecule has 0 unspecified atom stereocenters. The summed E-state index contributed by atoms with van der Waals surface area (Å²) < 4.78 is 0. The molecule has 0 bridgehead atoms. The van der Waals surface area contributed by atoms with Gasteiger partial charge in [-0.25, -0.2) is 4.79 Å². The number of rotatable bonds is 2. The molecule has 1 aromatic heterocycles. The van der Waals surface area contributed by atoms with E-state index in [1.807, 2.05) is 6.07 Å². The van der Waals surface area contributed by atoms with E-state index in [1.165, 1.54) is 0 Å². The van der Waals surface area contributed by atoms with E-state index in [0.29, 0.717) is 5.69 Å². The predicted octanol–water partition coefficient (Wildman–Crippen LogP) is 1.30. The van der Waals surface area contributed by atoms with Crippen LogP contribution in [0.25, 0.3) is 0 Å². The van der Waals surface area contributed by atoms with E-state index < -0.39 is 0 Å². The summed E-state index contributed by atoms with van der Waals surface area (Å²) in [6, 6.07) is 3.70. The summed E-state index contributed by atoms with van der Waals surface area (Å²) >= 11 is 0. The molecular weight excluding hydrogens is 216 g/mol. The lowest BCUT2D eigenvalue weighted by atomic mass is 10.1. The number of piperidine rings is 1. The number of pyridine rings is 1. The number of nitrogens with zero attached hydrogens (tertiary/aromatic N) is 2. The van der Waals surface area contributed by atoms with Crippen LogP contribution in [0.5, 0.6) is 0 Å². The van der Waals surface area contributed by atoms with E-state index in [1.54, 1.807) is 18.5 Å². The molecule has 92 valence electrons. The van der Waals surface area contributed by atoms with Crippen molar-refractivity contribution < 1.29 is 4.79 Å². The summed E-state index contributed by atoms with van der Waals surface area (Å²) in [6.45, 7) is 2.03. The number of nitrogens with one attached hydrogen (secondary N) is 2. The largest absolute Gasteiger partial charge is 0.334 e. The van der Waals surface area contributed by atoms with Crippen LogP contribution in [0.2, 0.25) is 0 Å². The third-order valence-electron chi connectivity index (χ3n) is 2.88. The second kappa shape index (κ2) is 5.63. The van der Waals surface area contributed by atoms with E-state index >= 15 is 0 Å². The van der Waals surface area contributed by atoms with Crippen molar-refractivity contribution in [2.75, 3.05) is 25.5 Å². The van der Waals surface area contributed by atoms with Crippen LogP contribution >= 0.6 is 0 Å². The summed E-state index contributed by atoms with van der Waals surface area (Å²) in [5, 5.41) is 5.75. The van der Waals surface area contributed by atoms with E-state index in [0.717, 1.165) is 25.9 Å². The van der Waals surface area contributed by atoms with E-state index in [2.05, 4.69) is 27.6 Å². The molecule has 2 heterocycles. The van der Waals surface area contributed by atoms with Crippen molar-refractivity contribution in [1.29, 1.82) is 0 Å². The molecule has 2 N–H and O–H groups in total. The quantitative estimate of drug-likeness (QED) is 0.811. The summed E-state index contributed by atoms with van der Waals surface area (Å²) in [5.74, 6) is 0. The molecule has 17 heavy (non-hydrogen) atoms. The fraction of sp³-hybridized carbons (Fsp3) is 0.500. The van der Waals surface area contributed by atoms with Gasteiger partial charge in [-0.15, -0.1) is 0 Å². The van der Waals surface area contributed by atoms with Gasteiger partial charge in [-0.1, -0.05) is 0 Å². The summed E-state index contributed by atoms with van der Waals surface area (Å²) in [4.78, 5) is 17.9. The number of urea groups is 1. The number of aromatic nitrogens is 1. The van der Waals surface area contributed by atoms with Crippen LogP contribution < -0.4 is 10.6 Å². The molecule has 5 heteroatoms. The van der Waals surface area contributed by atoms with Gasteiger partial charge in [-0.3, -0.25) is 4.98 Å². The molecule has 2 amide bonds. The lowest BCUT2D eigenvalue weighted by Gasteiger charge is -2.30. The Morgan fingerprint density at radius 1 is 1.59 bits per heavy atom. The van der Waals surface area contributed by atoms with Crippen molar-refractivity contribution in [3.05, 3.63) is 24.5 Å². The lowest BCUT2D eigenvalue weighted by Crippen LogP contribution is -2.47. The Morgan fingerprint density at radius 2 is 2.47 bits per heavy atom. The summed E-state index contributed by atoms with van der Waals surface area (Å²) in [6.07, 6.45) is 5.49. The molecule has 2 rings (SSSR count). The molecule has 1 aromatic rings. The number of likely N-dealkylation sites (tertiary alicyclic amines) is 1. The molecule has 0 radical (unpaired) electrons.